The summed E-state index contributed by atoms with van der Waals surface area (Å²) in [7, 11) is 0. The van der Waals surface area contributed by atoms with Gasteiger partial charge in [-0.25, -0.2) is 19.1 Å². The number of oxime groups is 1. The van der Waals surface area contributed by atoms with Gasteiger partial charge in [-0.15, -0.1) is 23.1 Å². The molecule has 0 spiro atoms. The number of rotatable bonds is 12. The Morgan fingerprint density at radius 3 is 2.73 bits per heavy atom. The fourth-order valence-corrected chi connectivity index (χ4v) is 7.12. The van der Waals surface area contributed by atoms with Gasteiger partial charge in [-0.2, -0.15) is 0 Å². The number of amides is 2. The minimum atomic E-state index is -1.78. The first-order chi connectivity index (χ1) is 23.2. The summed E-state index contributed by atoms with van der Waals surface area (Å²) in [6, 6.07) is 4.42. The molecule has 2 aliphatic rings. The lowest BCUT2D eigenvalue weighted by atomic mass is 10.0. The van der Waals surface area contributed by atoms with Crippen molar-refractivity contribution in [1.82, 2.24) is 19.8 Å². The first kappa shape index (κ1) is 33.2. The van der Waals surface area contributed by atoms with Crippen LogP contribution >= 0.6 is 23.1 Å². The average Bonchev–Trinajstić information content (AvgIpc) is 3.80. The van der Waals surface area contributed by atoms with Crippen LogP contribution in [-0.4, -0.2) is 82.7 Å². The summed E-state index contributed by atoms with van der Waals surface area (Å²) in [6.07, 6.45) is 7.01. The number of hydrogen-bond donors (Lipinski definition) is 6. The number of nitrogens with zero attached hydrogens (tertiary/aromatic N) is 5. The largest absolute Gasteiger partial charge is 0.478 e. The van der Waals surface area contributed by atoms with E-state index in [4.69, 9.17) is 26.1 Å². The van der Waals surface area contributed by atoms with E-state index >= 15 is 0 Å². The second-order valence-electron chi connectivity index (χ2n) is 11.7. The Balaban J connectivity index is 1.18. The highest BCUT2D eigenvalue weighted by atomic mass is 32.2. The highest BCUT2D eigenvalue weighted by molar-refractivity contribution is 8.00. The molecule has 2 amide bonds. The molecule has 0 aromatic carbocycles. The smallest absolute Gasteiger partial charge is 0.352 e. The standard InChI is InChI=1S/C30H29N9O8S2/c1-30(2,28(44)45)47-36-20(18-13-49-29(33)34-18)24(40)35-21-25(41)39-22(27(42)43)16(12-48-26(21)39)9-37-5-4-19-14(8-37)3-6-38(19)10-17-7-15(11-46-17)23(31)32/h3-8,11,13,21,26H,9-10,12H2,1-2H3,(H7-,31,32,33,34,35,40,42,43,44,45)/p+1/t21-,26-/m1/s1. The van der Waals surface area contributed by atoms with Gasteiger partial charge < -0.3 is 40.8 Å². The molecule has 19 heteroatoms. The number of aromatic nitrogens is 3. The maximum atomic E-state index is 13.4. The van der Waals surface area contributed by atoms with Crippen LogP contribution in [0, 0.1) is 5.41 Å². The molecule has 49 heavy (non-hydrogen) atoms. The highest BCUT2D eigenvalue weighted by Crippen LogP contribution is 2.40. The molecule has 0 aliphatic carbocycles. The Bertz CT molecular complexity index is 2100. The number of carboxylic acid groups (broad SMARTS) is 2. The van der Waals surface area contributed by atoms with E-state index in [1.54, 1.807) is 6.07 Å². The number of β-lactam (4-membered cyclic amide) rings is 1. The van der Waals surface area contributed by atoms with Crippen LogP contribution < -0.4 is 21.4 Å². The van der Waals surface area contributed by atoms with Gasteiger partial charge in [0.2, 0.25) is 5.60 Å². The van der Waals surface area contributed by atoms with Gasteiger partial charge in [-0.05, 0) is 26.0 Å². The first-order valence-corrected chi connectivity index (χ1v) is 16.5. The first-order valence-electron chi connectivity index (χ1n) is 14.5. The summed E-state index contributed by atoms with van der Waals surface area (Å²) in [4.78, 5) is 61.0. The van der Waals surface area contributed by atoms with Gasteiger partial charge in [0, 0.05) is 29.0 Å². The Morgan fingerprint density at radius 1 is 1.31 bits per heavy atom. The van der Waals surface area contributed by atoms with E-state index in [1.807, 2.05) is 39.9 Å². The van der Waals surface area contributed by atoms with Crippen molar-refractivity contribution in [3.05, 3.63) is 76.7 Å². The number of aliphatic carboxylic acids is 2. The molecule has 2 atom stereocenters. The van der Waals surface area contributed by atoms with Crippen LogP contribution in [0.2, 0.25) is 0 Å². The summed E-state index contributed by atoms with van der Waals surface area (Å²) in [5.41, 5.74) is 10.8. The Morgan fingerprint density at radius 2 is 2.08 bits per heavy atom. The molecule has 254 valence electrons. The fourth-order valence-electron chi connectivity index (χ4n) is 5.23. The number of nitrogen functional groups attached to an aromatic ring is 2. The summed E-state index contributed by atoms with van der Waals surface area (Å²) >= 11 is 2.32. The van der Waals surface area contributed by atoms with Crippen molar-refractivity contribution in [2.24, 2.45) is 10.9 Å². The van der Waals surface area contributed by atoms with Crippen molar-refractivity contribution >= 4 is 74.4 Å². The highest BCUT2D eigenvalue weighted by Gasteiger charge is 2.55. The zero-order valence-corrected chi connectivity index (χ0v) is 27.6. The molecular formula is C30H30N9O8S2+. The fraction of sp³-hybridized carbons (Fsp3) is 0.267. The molecule has 6 heterocycles. The molecule has 0 bridgehead atoms. The third-order valence-electron chi connectivity index (χ3n) is 7.83. The molecule has 0 radical (unpaired) electrons. The van der Waals surface area contributed by atoms with Crippen LogP contribution in [0.25, 0.3) is 10.9 Å². The van der Waals surface area contributed by atoms with Crippen LogP contribution in [0.3, 0.4) is 0 Å². The van der Waals surface area contributed by atoms with Gasteiger partial charge in [0.1, 0.15) is 40.7 Å². The SMILES string of the molecule is CC(C)(ON=C(C(=O)N[C@@H]1C(=O)N2C(C(=O)O)=C(C[n+]3ccc4c(ccn4Cc4cc(C(=N)N)co4)c3)CS[C@H]12)c1csc(N)n1)C(=O)O. The Hall–Kier alpha value is -5.69. The van der Waals surface area contributed by atoms with Crippen LogP contribution in [-0.2, 0) is 37.1 Å². The third-order valence-corrected chi connectivity index (χ3v) is 9.84. The van der Waals surface area contributed by atoms with Crippen molar-refractivity contribution in [3.8, 4) is 0 Å². The minimum absolute atomic E-state index is 0.0157. The molecule has 6 rings (SSSR count). The summed E-state index contributed by atoms with van der Waals surface area (Å²) < 4.78 is 9.33. The van der Waals surface area contributed by atoms with Crippen molar-refractivity contribution in [2.75, 3.05) is 11.5 Å². The predicted octanol–water partition coefficient (Wildman–Crippen LogP) is 0.916. The van der Waals surface area contributed by atoms with E-state index in [9.17, 15) is 29.4 Å². The molecule has 2 aliphatic heterocycles. The van der Waals surface area contributed by atoms with Gasteiger partial charge in [0.05, 0.1) is 23.0 Å². The number of nitrogens with one attached hydrogen (secondary N) is 2. The number of carbonyl (C=O) groups is 4. The average molecular weight is 709 g/mol. The van der Waals surface area contributed by atoms with E-state index in [0.717, 1.165) is 27.1 Å². The van der Waals surface area contributed by atoms with Gasteiger partial charge in [-0.3, -0.25) is 19.9 Å². The molecule has 0 saturated carbocycles. The third kappa shape index (κ3) is 6.44. The molecule has 17 nitrogen and oxygen atoms in total. The van der Waals surface area contributed by atoms with Crippen molar-refractivity contribution < 1.29 is 43.2 Å². The number of carboxylic acids is 2. The van der Waals surface area contributed by atoms with Gasteiger partial charge in [0.15, 0.2) is 29.8 Å². The monoisotopic (exact) mass is 708 g/mol. The van der Waals surface area contributed by atoms with Crippen LogP contribution in [0.5, 0.6) is 0 Å². The second-order valence-corrected chi connectivity index (χ2v) is 13.6. The van der Waals surface area contributed by atoms with Crippen molar-refractivity contribution in [1.29, 1.82) is 5.41 Å². The van der Waals surface area contributed by atoms with E-state index < -0.39 is 46.5 Å². The molecule has 0 unspecified atom stereocenters. The predicted molar refractivity (Wildman–Crippen MR) is 177 cm³/mol. The summed E-state index contributed by atoms with van der Waals surface area (Å²) in [5.74, 6) is -3.30. The number of anilines is 1. The zero-order valence-electron chi connectivity index (χ0n) is 25.9. The molecule has 1 fully saturated rings. The molecule has 8 N–H and O–H groups in total. The molecular weight excluding hydrogens is 679 g/mol. The van der Waals surface area contributed by atoms with Crippen LogP contribution in [0.15, 0.2) is 69.3 Å². The molecule has 4 aromatic rings. The Labute approximate surface area is 285 Å². The van der Waals surface area contributed by atoms with Gasteiger partial charge >= 0.3 is 11.9 Å². The van der Waals surface area contributed by atoms with Crippen LogP contribution in [0.4, 0.5) is 5.13 Å². The number of thiazole rings is 1. The Kier molecular flexibility index (Phi) is 8.63. The number of furan rings is 1. The van der Waals surface area contributed by atoms with Crippen molar-refractivity contribution in [2.45, 2.75) is 44.0 Å². The van der Waals surface area contributed by atoms with E-state index in [2.05, 4.69) is 15.5 Å². The lowest BCUT2D eigenvalue weighted by Crippen LogP contribution is -2.71. The number of fused-ring (bicyclic) bond motifs is 2. The van der Waals surface area contributed by atoms with E-state index in [-0.39, 0.29) is 34.7 Å². The topological polar surface area (TPSA) is 256 Å². The van der Waals surface area contributed by atoms with Crippen LogP contribution in [0.1, 0.15) is 30.9 Å². The maximum absolute atomic E-state index is 13.4. The zero-order chi connectivity index (χ0) is 35.2. The number of carbonyl (C=O) groups excluding carboxylic acids is 2. The van der Waals surface area contributed by atoms with Gasteiger partial charge in [0.25, 0.3) is 11.8 Å². The summed E-state index contributed by atoms with van der Waals surface area (Å²) in [6.45, 7) is 3.10. The maximum Gasteiger partial charge on any atom is 0.352 e. The van der Waals surface area contributed by atoms with Gasteiger partial charge in [-0.1, -0.05) is 5.16 Å². The normalized spacial score (nSPS) is 17.9. The van der Waals surface area contributed by atoms with Crippen molar-refractivity contribution in [3.63, 3.8) is 0 Å². The summed E-state index contributed by atoms with van der Waals surface area (Å²) in [5, 5.41) is 35.2. The van der Waals surface area contributed by atoms with E-state index in [1.165, 1.54) is 37.3 Å². The van der Waals surface area contributed by atoms with E-state index in [0.29, 0.717) is 23.4 Å². The minimum Gasteiger partial charge on any atom is -0.478 e. The number of amidine groups is 1. The number of nitrogens with two attached hydrogens (primary N) is 2. The second kappa shape index (κ2) is 12.7. The molecule has 1 saturated heterocycles. The number of pyridine rings is 1. The quantitative estimate of drug-likeness (QED) is 0.0395. The molecule has 4 aromatic heterocycles. The lowest BCUT2D eigenvalue weighted by molar-refractivity contribution is -0.687. The number of thioether (sulfide) groups is 1. The lowest BCUT2D eigenvalue weighted by Gasteiger charge is -2.49. The number of hydrogen-bond acceptors (Lipinski definition) is 12.